The lowest BCUT2D eigenvalue weighted by Crippen LogP contribution is -2.40. The highest BCUT2D eigenvalue weighted by molar-refractivity contribution is 5.73. The van der Waals surface area contributed by atoms with Gasteiger partial charge in [0.15, 0.2) is 0 Å². The second kappa shape index (κ2) is 7.11. The molecule has 1 spiro atoms. The molecule has 1 amide bonds. The molecule has 7 nitrogen and oxygen atoms in total. The van der Waals surface area contributed by atoms with Crippen LogP contribution in [-0.2, 0) is 25.7 Å². The number of hydrogen-bond acceptors (Lipinski definition) is 6. The van der Waals surface area contributed by atoms with Crippen LogP contribution in [0.4, 0.5) is 4.79 Å². The van der Waals surface area contributed by atoms with Gasteiger partial charge in [0.1, 0.15) is 12.1 Å². The summed E-state index contributed by atoms with van der Waals surface area (Å²) in [6.45, 7) is 2.02. The van der Waals surface area contributed by atoms with Crippen LogP contribution in [0, 0.1) is 11.3 Å². The number of benzene rings is 1. The molecule has 1 aliphatic heterocycles. The molecule has 0 unspecified atom stereocenters. The highest BCUT2D eigenvalue weighted by atomic mass is 16.8. The lowest BCUT2D eigenvalue weighted by Gasteiger charge is -2.34. The van der Waals surface area contributed by atoms with Gasteiger partial charge in [-0.3, -0.25) is 4.79 Å². The van der Waals surface area contributed by atoms with Gasteiger partial charge in [0.25, 0.3) is 0 Å². The van der Waals surface area contributed by atoms with E-state index in [1.54, 1.807) is 12.1 Å². The van der Waals surface area contributed by atoms with Crippen LogP contribution in [0.25, 0.3) is 0 Å². The summed E-state index contributed by atoms with van der Waals surface area (Å²) in [5.41, 5.74) is 1.07. The van der Waals surface area contributed by atoms with Gasteiger partial charge in [0, 0.05) is 6.92 Å². The van der Waals surface area contributed by atoms with Gasteiger partial charge in [-0.25, -0.2) is 4.79 Å². The van der Waals surface area contributed by atoms with E-state index >= 15 is 0 Å². The van der Waals surface area contributed by atoms with E-state index in [0.29, 0.717) is 25.0 Å². The summed E-state index contributed by atoms with van der Waals surface area (Å²) in [7, 11) is 0. The van der Waals surface area contributed by atoms with E-state index in [1.165, 1.54) is 6.92 Å². The van der Waals surface area contributed by atoms with Crippen molar-refractivity contribution >= 4 is 12.1 Å². The van der Waals surface area contributed by atoms with Crippen LogP contribution in [-0.4, -0.2) is 35.4 Å². The first-order chi connectivity index (χ1) is 12.0. The molecule has 0 aromatic heterocycles. The molecule has 1 aromatic carbocycles. The van der Waals surface area contributed by atoms with Crippen LogP contribution in [0.15, 0.2) is 24.3 Å². The summed E-state index contributed by atoms with van der Waals surface area (Å²) in [6.07, 6.45) is 2.40. The topological polar surface area (TPSA) is 88.9 Å². The number of hydrogen-bond donors (Lipinski definition) is 0. The number of nitrogens with zero attached hydrogens (tertiary/aromatic N) is 2. The predicted molar refractivity (Wildman–Crippen MR) is 85.9 cm³/mol. The molecule has 25 heavy (non-hydrogen) atoms. The zero-order valence-electron chi connectivity index (χ0n) is 14.1. The minimum absolute atomic E-state index is 0.0998. The van der Waals surface area contributed by atoms with Gasteiger partial charge >= 0.3 is 12.1 Å². The first kappa shape index (κ1) is 17.2. The minimum Gasteiger partial charge on any atom is -0.439 e. The van der Waals surface area contributed by atoms with Gasteiger partial charge in [-0.15, -0.1) is 5.06 Å². The highest BCUT2D eigenvalue weighted by Gasteiger charge is 2.49. The smallest absolute Gasteiger partial charge is 0.439 e. The van der Waals surface area contributed by atoms with Gasteiger partial charge in [0.2, 0.25) is 0 Å². The van der Waals surface area contributed by atoms with Gasteiger partial charge in [0.05, 0.1) is 24.3 Å². The fourth-order valence-corrected chi connectivity index (χ4v) is 3.25. The van der Waals surface area contributed by atoms with Crippen LogP contribution in [0.1, 0.15) is 43.7 Å². The maximum atomic E-state index is 11.8. The number of hydroxylamine groups is 2. The molecule has 1 saturated carbocycles. The van der Waals surface area contributed by atoms with E-state index < -0.39 is 17.7 Å². The van der Waals surface area contributed by atoms with Crippen LogP contribution >= 0.6 is 0 Å². The highest BCUT2D eigenvalue weighted by Crippen LogP contribution is 2.38. The fraction of sp³-hybridized carbons (Fsp3) is 0.500. The van der Waals surface area contributed by atoms with Gasteiger partial charge in [-0.2, -0.15) is 5.26 Å². The molecule has 3 rings (SSSR count). The largest absolute Gasteiger partial charge is 0.444 e. The summed E-state index contributed by atoms with van der Waals surface area (Å²) in [6, 6.07) is 9.41. The lowest BCUT2D eigenvalue weighted by molar-refractivity contribution is -0.172. The normalized spacial score (nSPS) is 25.5. The number of rotatable bonds is 4. The van der Waals surface area contributed by atoms with Crippen molar-refractivity contribution in [2.75, 3.05) is 6.54 Å². The molecule has 1 aliphatic carbocycles. The van der Waals surface area contributed by atoms with Crippen LogP contribution in [0.3, 0.4) is 0 Å². The number of nitriles is 1. The Kier molecular flexibility index (Phi) is 4.91. The summed E-state index contributed by atoms with van der Waals surface area (Å²) in [5.74, 6) is -0.534. The third kappa shape index (κ3) is 4.09. The monoisotopic (exact) mass is 344 g/mol. The fourth-order valence-electron chi connectivity index (χ4n) is 3.25. The molecule has 0 bridgehead atoms. The Labute approximate surface area is 146 Å². The average Bonchev–Trinajstić information content (AvgIpc) is 2.89. The SMILES string of the molecule is CC(=O)ON1CC2(CCC(OCc3ccc(C#N)cc3)CC2)OC1=O. The minimum atomic E-state index is -0.604. The Hall–Kier alpha value is -2.59. The first-order valence-corrected chi connectivity index (χ1v) is 8.29. The number of carbonyl (C=O) groups excluding carboxylic acids is 2. The summed E-state index contributed by atoms with van der Waals surface area (Å²) in [5, 5.41) is 9.80. The van der Waals surface area contributed by atoms with Crippen molar-refractivity contribution in [3.63, 3.8) is 0 Å². The molecule has 0 atom stereocenters. The Morgan fingerprint density at radius 3 is 2.64 bits per heavy atom. The van der Waals surface area contributed by atoms with Gasteiger partial charge in [-0.1, -0.05) is 12.1 Å². The number of ether oxygens (including phenoxy) is 2. The lowest BCUT2D eigenvalue weighted by atomic mass is 9.83. The Morgan fingerprint density at radius 1 is 1.36 bits per heavy atom. The van der Waals surface area contributed by atoms with Crippen molar-refractivity contribution in [1.82, 2.24) is 5.06 Å². The van der Waals surface area contributed by atoms with Crippen molar-refractivity contribution in [1.29, 1.82) is 5.26 Å². The molecule has 2 fully saturated rings. The third-order valence-corrected chi connectivity index (χ3v) is 4.59. The molecule has 132 valence electrons. The molecule has 1 heterocycles. The Bertz CT molecular complexity index is 686. The summed E-state index contributed by atoms with van der Waals surface area (Å²) >= 11 is 0. The van der Waals surface area contributed by atoms with Crippen molar-refractivity contribution in [3.05, 3.63) is 35.4 Å². The molecule has 1 aromatic rings. The van der Waals surface area contributed by atoms with Crippen molar-refractivity contribution < 1.29 is 23.9 Å². The molecule has 2 aliphatic rings. The number of amides is 1. The van der Waals surface area contributed by atoms with E-state index in [2.05, 4.69) is 6.07 Å². The summed E-state index contributed by atoms with van der Waals surface area (Å²) in [4.78, 5) is 27.7. The van der Waals surface area contributed by atoms with E-state index in [9.17, 15) is 9.59 Å². The molecule has 1 saturated heterocycles. The van der Waals surface area contributed by atoms with Crippen LogP contribution in [0.5, 0.6) is 0 Å². The molecular weight excluding hydrogens is 324 g/mol. The van der Waals surface area contributed by atoms with Crippen molar-refractivity contribution in [2.45, 2.75) is 50.9 Å². The van der Waals surface area contributed by atoms with E-state index in [-0.39, 0.29) is 12.6 Å². The molecule has 0 N–H and O–H groups in total. The zero-order valence-corrected chi connectivity index (χ0v) is 14.1. The van der Waals surface area contributed by atoms with E-state index in [1.807, 2.05) is 12.1 Å². The molecule has 7 heteroatoms. The maximum Gasteiger partial charge on any atom is 0.444 e. The molecular formula is C18H20N2O5. The average molecular weight is 344 g/mol. The van der Waals surface area contributed by atoms with Gasteiger partial charge in [-0.05, 0) is 43.4 Å². The quantitative estimate of drug-likeness (QED) is 0.834. The standard InChI is InChI=1S/C18H20N2O5/c1-13(21)25-20-12-18(24-17(20)22)8-6-16(7-9-18)23-11-15-4-2-14(10-19)3-5-15/h2-5,16H,6-9,11-12H2,1H3. The first-order valence-electron chi connectivity index (χ1n) is 8.29. The Balaban J connectivity index is 1.48. The van der Waals surface area contributed by atoms with Crippen LogP contribution < -0.4 is 0 Å². The molecule has 0 radical (unpaired) electrons. The number of carbonyl (C=O) groups is 2. The van der Waals surface area contributed by atoms with Crippen molar-refractivity contribution in [2.24, 2.45) is 0 Å². The second-order valence-electron chi connectivity index (χ2n) is 6.49. The van der Waals surface area contributed by atoms with E-state index in [4.69, 9.17) is 19.6 Å². The maximum absolute atomic E-state index is 11.8. The van der Waals surface area contributed by atoms with E-state index in [0.717, 1.165) is 23.5 Å². The third-order valence-electron chi connectivity index (χ3n) is 4.59. The van der Waals surface area contributed by atoms with Crippen molar-refractivity contribution in [3.8, 4) is 6.07 Å². The second-order valence-corrected chi connectivity index (χ2v) is 6.49. The zero-order chi connectivity index (χ0) is 17.9. The Morgan fingerprint density at radius 2 is 2.04 bits per heavy atom. The van der Waals surface area contributed by atoms with Crippen LogP contribution in [0.2, 0.25) is 0 Å². The summed E-state index contributed by atoms with van der Waals surface area (Å²) < 4.78 is 11.4. The predicted octanol–water partition coefficient (Wildman–Crippen LogP) is 2.69. The van der Waals surface area contributed by atoms with Gasteiger partial charge < -0.3 is 14.3 Å².